The second kappa shape index (κ2) is 7.09. The standard InChI is InChI=1S/C19H13F2NO3/c20-14-6-8-16(17(21)10-14)19(24)25-11-18(23)22-15-7-5-12-3-1-2-4-13(12)9-15/h1-10H,11H2,(H,22,23). The zero-order chi connectivity index (χ0) is 17.8. The normalized spacial score (nSPS) is 10.5. The van der Waals surface area contributed by atoms with Crippen molar-refractivity contribution in [2.24, 2.45) is 0 Å². The molecule has 0 heterocycles. The molecule has 4 nitrogen and oxygen atoms in total. The topological polar surface area (TPSA) is 55.4 Å². The second-order valence-corrected chi connectivity index (χ2v) is 5.31. The number of hydrogen-bond donors (Lipinski definition) is 1. The maximum Gasteiger partial charge on any atom is 0.341 e. The van der Waals surface area contributed by atoms with Crippen molar-refractivity contribution < 1.29 is 23.1 Å². The van der Waals surface area contributed by atoms with Gasteiger partial charge in [0.15, 0.2) is 6.61 Å². The van der Waals surface area contributed by atoms with Gasteiger partial charge in [-0.2, -0.15) is 0 Å². The van der Waals surface area contributed by atoms with E-state index in [1.165, 1.54) is 0 Å². The fraction of sp³-hybridized carbons (Fsp3) is 0.0526. The number of rotatable bonds is 4. The van der Waals surface area contributed by atoms with Gasteiger partial charge in [-0.05, 0) is 35.0 Å². The van der Waals surface area contributed by atoms with Gasteiger partial charge >= 0.3 is 5.97 Å². The van der Waals surface area contributed by atoms with Crippen molar-refractivity contribution in [1.29, 1.82) is 0 Å². The van der Waals surface area contributed by atoms with Crippen LogP contribution in [0, 0.1) is 11.6 Å². The quantitative estimate of drug-likeness (QED) is 0.732. The lowest BCUT2D eigenvalue weighted by molar-refractivity contribution is -0.119. The van der Waals surface area contributed by atoms with E-state index in [4.69, 9.17) is 4.74 Å². The van der Waals surface area contributed by atoms with Crippen molar-refractivity contribution in [2.75, 3.05) is 11.9 Å². The first-order chi connectivity index (χ1) is 12.0. The van der Waals surface area contributed by atoms with Gasteiger partial charge in [0.25, 0.3) is 5.91 Å². The van der Waals surface area contributed by atoms with Gasteiger partial charge in [-0.25, -0.2) is 13.6 Å². The molecule has 0 aromatic heterocycles. The molecule has 0 radical (unpaired) electrons. The van der Waals surface area contributed by atoms with E-state index in [0.717, 1.165) is 22.9 Å². The maximum atomic E-state index is 13.5. The summed E-state index contributed by atoms with van der Waals surface area (Å²) >= 11 is 0. The summed E-state index contributed by atoms with van der Waals surface area (Å²) in [5.74, 6) is -3.44. The zero-order valence-corrected chi connectivity index (χ0v) is 13.0. The largest absolute Gasteiger partial charge is 0.452 e. The molecular formula is C19H13F2NO3. The van der Waals surface area contributed by atoms with E-state index in [-0.39, 0.29) is 0 Å². The fourth-order valence-electron chi connectivity index (χ4n) is 2.33. The summed E-state index contributed by atoms with van der Waals surface area (Å²) in [6, 6.07) is 15.5. The summed E-state index contributed by atoms with van der Waals surface area (Å²) in [4.78, 5) is 23.6. The molecule has 0 aliphatic carbocycles. The molecule has 0 bridgehead atoms. The average Bonchev–Trinajstić information content (AvgIpc) is 2.59. The average molecular weight is 341 g/mol. The number of nitrogens with one attached hydrogen (secondary N) is 1. The minimum atomic E-state index is -1.04. The van der Waals surface area contributed by atoms with Crippen LogP contribution in [0.15, 0.2) is 60.7 Å². The van der Waals surface area contributed by atoms with Gasteiger partial charge < -0.3 is 10.1 Å². The van der Waals surface area contributed by atoms with Crippen LogP contribution >= 0.6 is 0 Å². The van der Waals surface area contributed by atoms with E-state index in [9.17, 15) is 18.4 Å². The Balaban J connectivity index is 1.61. The molecule has 3 aromatic rings. The zero-order valence-electron chi connectivity index (χ0n) is 13.0. The van der Waals surface area contributed by atoms with E-state index in [2.05, 4.69) is 5.32 Å². The van der Waals surface area contributed by atoms with Gasteiger partial charge in [0.1, 0.15) is 11.6 Å². The van der Waals surface area contributed by atoms with Crippen LogP contribution in [0.1, 0.15) is 10.4 Å². The number of carbonyl (C=O) groups excluding carboxylic acids is 2. The van der Waals surface area contributed by atoms with Gasteiger partial charge in [0.2, 0.25) is 0 Å². The van der Waals surface area contributed by atoms with Crippen LogP contribution in [0.2, 0.25) is 0 Å². The monoisotopic (exact) mass is 341 g/mol. The number of fused-ring (bicyclic) bond motifs is 1. The molecule has 0 unspecified atom stereocenters. The van der Waals surface area contributed by atoms with Gasteiger partial charge in [0, 0.05) is 11.8 Å². The van der Waals surface area contributed by atoms with Crippen molar-refractivity contribution in [3.05, 3.63) is 77.9 Å². The molecule has 25 heavy (non-hydrogen) atoms. The Bertz CT molecular complexity index is 956. The summed E-state index contributed by atoms with van der Waals surface area (Å²) in [5, 5.41) is 4.57. The van der Waals surface area contributed by atoms with Crippen LogP contribution in [0.25, 0.3) is 10.8 Å². The highest BCUT2D eigenvalue weighted by molar-refractivity contribution is 5.97. The molecule has 0 spiro atoms. The maximum absolute atomic E-state index is 13.5. The van der Waals surface area contributed by atoms with Crippen molar-refractivity contribution in [2.45, 2.75) is 0 Å². The Kier molecular flexibility index (Phi) is 4.70. The van der Waals surface area contributed by atoms with Crippen molar-refractivity contribution in [1.82, 2.24) is 0 Å². The van der Waals surface area contributed by atoms with Gasteiger partial charge in [-0.15, -0.1) is 0 Å². The van der Waals surface area contributed by atoms with E-state index in [1.807, 2.05) is 30.3 Å². The van der Waals surface area contributed by atoms with E-state index < -0.39 is 35.7 Å². The van der Waals surface area contributed by atoms with Crippen LogP contribution < -0.4 is 5.32 Å². The van der Waals surface area contributed by atoms with Crippen molar-refractivity contribution in [3.8, 4) is 0 Å². The molecule has 0 fully saturated rings. The molecule has 6 heteroatoms. The minimum Gasteiger partial charge on any atom is -0.452 e. The number of anilines is 1. The molecule has 3 rings (SSSR count). The Labute approximate surface area is 142 Å². The van der Waals surface area contributed by atoms with Crippen LogP contribution in [0.3, 0.4) is 0 Å². The van der Waals surface area contributed by atoms with Gasteiger partial charge in [-0.1, -0.05) is 30.3 Å². The van der Waals surface area contributed by atoms with Crippen molar-refractivity contribution in [3.63, 3.8) is 0 Å². The third-order valence-electron chi connectivity index (χ3n) is 3.52. The molecule has 0 aliphatic heterocycles. The number of esters is 1. The molecule has 126 valence electrons. The molecule has 0 aliphatic rings. The number of halogens is 2. The molecule has 3 aromatic carbocycles. The van der Waals surface area contributed by atoms with Crippen LogP contribution in [0.5, 0.6) is 0 Å². The highest BCUT2D eigenvalue weighted by Gasteiger charge is 2.15. The lowest BCUT2D eigenvalue weighted by atomic mass is 10.1. The first kappa shape index (κ1) is 16.6. The number of amides is 1. The summed E-state index contributed by atoms with van der Waals surface area (Å²) in [6.45, 7) is -0.581. The van der Waals surface area contributed by atoms with E-state index in [1.54, 1.807) is 12.1 Å². The van der Waals surface area contributed by atoms with Gasteiger partial charge in [-0.3, -0.25) is 4.79 Å². The predicted molar refractivity (Wildman–Crippen MR) is 89.2 cm³/mol. The van der Waals surface area contributed by atoms with E-state index in [0.29, 0.717) is 11.8 Å². The molecule has 0 saturated carbocycles. The Morgan fingerprint density at radius 1 is 0.920 bits per heavy atom. The SMILES string of the molecule is O=C(COC(=O)c1ccc(F)cc1F)Nc1ccc2ccccc2c1. The van der Waals surface area contributed by atoms with Crippen LogP contribution in [-0.2, 0) is 9.53 Å². The third kappa shape index (κ3) is 3.98. The molecular weight excluding hydrogens is 328 g/mol. The molecule has 1 amide bonds. The lowest BCUT2D eigenvalue weighted by Crippen LogP contribution is -2.21. The predicted octanol–water partition coefficient (Wildman–Crippen LogP) is 3.91. The summed E-state index contributed by atoms with van der Waals surface area (Å²) in [6.07, 6.45) is 0. The molecule has 0 atom stereocenters. The van der Waals surface area contributed by atoms with Crippen LogP contribution in [-0.4, -0.2) is 18.5 Å². The minimum absolute atomic E-state index is 0.431. The van der Waals surface area contributed by atoms with Crippen LogP contribution in [0.4, 0.5) is 14.5 Å². The molecule has 1 N–H and O–H groups in total. The Hall–Kier alpha value is -3.28. The second-order valence-electron chi connectivity index (χ2n) is 5.31. The summed E-state index contributed by atoms with van der Waals surface area (Å²) in [5.41, 5.74) is 0.118. The van der Waals surface area contributed by atoms with E-state index >= 15 is 0 Å². The summed E-state index contributed by atoms with van der Waals surface area (Å²) in [7, 11) is 0. The lowest BCUT2D eigenvalue weighted by Gasteiger charge is -2.08. The number of carbonyl (C=O) groups is 2. The first-order valence-electron chi connectivity index (χ1n) is 7.44. The number of ether oxygens (including phenoxy) is 1. The Morgan fingerprint density at radius 2 is 1.68 bits per heavy atom. The highest BCUT2D eigenvalue weighted by atomic mass is 19.1. The fourth-order valence-corrected chi connectivity index (χ4v) is 2.33. The first-order valence-corrected chi connectivity index (χ1v) is 7.44. The molecule has 0 saturated heterocycles. The Morgan fingerprint density at radius 3 is 2.44 bits per heavy atom. The summed E-state index contributed by atoms with van der Waals surface area (Å²) < 4.78 is 31.1. The van der Waals surface area contributed by atoms with Crippen molar-refractivity contribution >= 4 is 28.3 Å². The smallest absolute Gasteiger partial charge is 0.341 e. The number of benzene rings is 3. The number of hydrogen-bond acceptors (Lipinski definition) is 3. The van der Waals surface area contributed by atoms with Gasteiger partial charge in [0.05, 0.1) is 5.56 Å². The highest BCUT2D eigenvalue weighted by Crippen LogP contribution is 2.18. The third-order valence-corrected chi connectivity index (χ3v) is 3.52.